The largest absolute Gasteiger partial charge is 0.492 e. The first-order chi connectivity index (χ1) is 7.22. The van der Waals surface area contributed by atoms with Crippen molar-refractivity contribution < 1.29 is 5.11 Å². The zero-order chi connectivity index (χ0) is 10.8. The van der Waals surface area contributed by atoms with Crippen molar-refractivity contribution in [2.24, 2.45) is 0 Å². The first kappa shape index (κ1) is 9.77. The van der Waals surface area contributed by atoms with Crippen molar-refractivity contribution in [2.75, 3.05) is 0 Å². The highest BCUT2D eigenvalue weighted by molar-refractivity contribution is 5.41. The molecule has 1 heterocycles. The van der Waals surface area contributed by atoms with Gasteiger partial charge >= 0.3 is 0 Å². The number of aromatic hydroxyl groups is 1. The molecule has 2 rings (SSSR count). The summed E-state index contributed by atoms with van der Waals surface area (Å²) in [7, 11) is 0. The van der Waals surface area contributed by atoms with Crippen LogP contribution >= 0.6 is 0 Å². The topological polar surface area (TPSA) is 38.1 Å². The lowest BCUT2D eigenvalue weighted by atomic mass is 10.2. The summed E-state index contributed by atoms with van der Waals surface area (Å²) in [6.07, 6.45) is 0.849. The SMILES string of the molecule is CCc1cc(O)nn1-c1ccccc1C. The van der Waals surface area contributed by atoms with E-state index < -0.39 is 0 Å². The Labute approximate surface area is 89.0 Å². The van der Waals surface area contributed by atoms with Crippen molar-refractivity contribution in [1.82, 2.24) is 9.78 Å². The van der Waals surface area contributed by atoms with Gasteiger partial charge < -0.3 is 5.11 Å². The normalized spacial score (nSPS) is 10.5. The third kappa shape index (κ3) is 1.73. The number of para-hydroxylation sites is 1. The maximum atomic E-state index is 9.39. The van der Waals surface area contributed by atoms with Crippen LogP contribution in [-0.4, -0.2) is 14.9 Å². The second-order valence-corrected chi connectivity index (χ2v) is 3.55. The lowest BCUT2D eigenvalue weighted by molar-refractivity contribution is 0.447. The lowest BCUT2D eigenvalue weighted by Gasteiger charge is -2.08. The van der Waals surface area contributed by atoms with E-state index in [-0.39, 0.29) is 5.88 Å². The quantitative estimate of drug-likeness (QED) is 0.812. The van der Waals surface area contributed by atoms with Crippen LogP contribution in [0.4, 0.5) is 0 Å². The number of aromatic nitrogens is 2. The van der Waals surface area contributed by atoms with Gasteiger partial charge in [0.05, 0.1) is 5.69 Å². The summed E-state index contributed by atoms with van der Waals surface area (Å²) in [4.78, 5) is 0. The molecule has 0 aliphatic carbocycles. The van der Waals surface area contributed by atoms with E-state index in [1.165, 1.54) is 0 Å². The highest BCUT2D eigenvalue weighted by Gasteiger charge is 2.08. The minimum absolute atomic E-state index is 0.0788. The molecular weight excluding hydrogens is 188 g/mol. The van der Waals surface area contributed by atoms with E-state index in [1.54, 1.807) is 10.7 Å². The molecule has 3 heteroatoms. The summed E-state index contributed by atoms with van der Waals surface area (Å²) in [6.45, 7) is 4.08. The minimum Gasteiger partial charge on any atom is -0.492 e. The molecule has 0 atom stereocenters. The predicted molar refractivity (Wildman–Crippen MR) is 59.3 cm³/mol. The van der Waals surface area contributed by atoms with E-state index in [0.29, 0.717) is 0 Å². The van der Waals surface area contributed by atoms with Crippen molar-refractivity contribution >= 4 is 0 Å². The molecule has 0 radical (unpaired) electrons. The van der Waals surface area contributed by atoms with Gasteiger partial charge in [0.2, 0.25) is 5.88 Å². The summed E-state index contributed by atoms with van der Waals surface area (Å²) >= 11 is 0. The molecule has 0 saturated heterocycles. The van der Waals surface area contributed by atoms with Gasteiger partial charge in [0.15, 0.2) is 0 Å². The van der Waals surface area contributed by atoms with Gasteiger partial charge in [-0.1, -0.05) is 25.1 Å². The fourth-order valence-electron chi connectivity index (χ4n) is 1.67. The van der Waals surface area contributed by atoms with E-state index in [9.17, 15) is 5.11 Å². The van der Waals surface area contributed by atoms with Gasteiger partial charge in [-0.05, 0) is 25.0 Å². The molecule has 0 bridgehead atoms. The summed E-state index contributed by atoms with van der Waals surface area (Å²) in [5.74, 6) is 0.0788. The monoisotopic (exact) mass is 202 g/mol. The van der Waals surface area contributed by atoms with Crippen LogP contribution in [0.3, 0.4) is 0 Å². The van der Waals surface area contributed by atoms with Crippen molar-refractivity contribution in [2.45, 2.75) is 20.3 Å². The van der Waals surface area contributed by atoms with Crippen molar-refractivity contribution in [3.8, 4) is 11.6 Å². The zero-order valence-electron chi connectivity index (χ0n) is 8.94. The van der Waals surface area contributed by atoms with E-state index in [2.05, 4.69) is 5.10 Å². The van der Waals surface area contributed by atoms with E-state index in [4.69, 9.17) is 0 Å². The number of hydrogen-bond donors (Lipinski definition) is 1. The van der Waals surface area contributed by atoms with Crippen LogP contribution < -0.4 is 0 Å². The molecule has 0 saturated carbocycles. The molecular formula is C12H14N2O. The fourth-order valence-corrected chi connectivity index (χ4v) is 1.67. The molecule has 1 N–H and O–H groups in total. The smallest absolute Gasteiger partial charge is 0.230 e. The van der Waals surface area contributed by atoms with Gasteiger partial charge in [0.25, 0.3) is 0 Å². The van der Waals surface area contributed by atoms with Crippen LogP contribution in [0, 0.1) is 6.92 Å². The van der Waals surface area contributed by atoms with Gasteiger partial charge in [-0.25, -0.2) is 4.68 Å². The molecule has 1 aromatic carbocycles. The first-order valence-electron chi connectivity index (χ1n) is 5.06. The molecule has 0 spiro atoms. The zero-order valence-corrected chi connectivity index (χ0v) is 8.94. The Kier molecular flexibility index (Phi) is 2.46. The number of hydrogen-bond acceptors (Lipinski definition) is 2. The Morgan fingerprint density at radius 2 is 2.07 bits per heavy atom. The average Bonchev–Trinajstić information content (AvgIpc) is 2.60. The molecule has 2 aromatic rings. The second-order valence-electron chi connectivity index (χ2n) is 3.55. The number of benzene rings is 1. The Balaban J connectivity index is 2.58. The van der Waals surface area contributed by atoms with E-state index in [1.807, 2.05) is 38.1 Å². The van der Waals surface area contributed by atoms with E-state index in [0.717, 1.165) is 23.4 Å². The Morgan fingerprint density at radius 3 is 2.73 bits per heavy atom. The minimum atomic E-state index is 0.0788. The maximum absolute atomic E-state index is 9.39. The molecule has 78 valence electrons. The average molecular weight is 202 g/mol. The Bertz CT molecular complexity index is 474. The van der Waals surface area contributed by atoms with Crippen LogP contribution in [-0.2, 0) is 6.42 Å². The van der Waals surface area contributed by atoms with Crippen molar-refractivity contribution in [1.29, 1.82) is 0 Å². The predicted octanol–water partition coefficient (Wildman–Crippen LogP) is 2.45. The molecule has 0 amide bonds. The summed E-state index contributed by atoms with van der Waals surface area (Å²) in [5, 5.41) is 13.5. The fraction of sp³-hybridized carbons (Fsp3) is 0.250. The van der Waals surface area contributed by atoms with Gasteiger partial charge in [0, 0.05) is 11.8 Å². The van der Waals surface area contributed by atoms with Crippen molar-refractivity contribution in [3.63, 3.8) is 0 Å². The number of nitrogens with zero attached hydrogens (tertiary/aromatic N) is 2. The van der Waals surface area contributed by atoms with Gasteiger partial charge in [0.1, 0.15) is 0 Å². The molecule has 3 nitrogen and oxygen atoms in total. The van der Waals surface area contributed by atoms with Gasteiger partial charge in [-0.3, -0.25) is 0 Å². The first-order valence-corrected chi connectivity index (χ1v) is 5.06. The summed E-state index contributed by atoms with van der Waals surface area (Å²) < 4.78 is 1.80. The number of aryl methyl sites for hydroxylation is 2. The molecule has 1 aromatic heterocycles. The van der Waals surface area contributed by atoms with Crippen LogP contribution in [0.15, 0.2) is 30.3 Å². The van der Waals surface area contributed by atoms with E-state index >= 15 is 0 Å². The standard InChI is InChI=1S/C12H14N2O/c1-3-10-8-12(15)13-14(10)11-7-5-4-6-9(11)2/h4-8H,3H2,1-2H3,(H,13,15). The highest BCUT2D eigenvalue weighted by atomic mass is 16.3. The molecule has 0 fully saturated rings. The second kappa shape index (κ2) is 3.77. The third-order valence-corrected chi connectivity index (χ3v) is 2.48. The van der Waals surface area contributed by atoms with Gasteiger partial charge in [-0.2, -0.15) is 0 Å². The van der Waals surface area contributed by atoms with Crippen LogP contribution in [0.5, 0.6) is 5.88 Å². The summed E-state index contributed by atoms with van der Waals surface area (Å²) in [6, 6.07) is 9.70. The Morgan fingerprint density at radius 1 is 1.33 bits per heavy atom. The maximum Gasteiger partial charge on any atom is 0.230 e. The van der Waals surface area contributed by atoms with Gasteiger partial charge in [-0.15, -0.1) is 5.10 Å². The molecule has 0 aliphatic rings. The Hall–Kier alpha value is -1.77. The van der Waals surface area contributed by atoms with Crippen LogP contribution in [0.2, 0.25) is 0 Å². The molecule has 0 unspecified atom stereocenters. The third-order valence-electron chi connectivity index (χ3n) is 2.48. The highest BCUT2D eigenvalue weighted by Crippen LogP contribution is 2.19. The molecule has 15 heavy (non-hydrogen) atoms. The summed E-state index contributed by atoms with van der Waals surface area (Å²) in [5.41, 5.74) is 3.19. The lowest BCUT2D eigenvalue weighted by Crippen LogP contribution is -2.02. The van der Waals surface area contributed by atoms with Crippen LogP contribution in [0.25, 0.3) is 5.69 Å². The number of rotatable bonds is 2. The van der Waals surface area contributed by atoms with Crippen molar-refractivity contribution in [3.05, 3.63) is 41.6 Å². The molecule has 0 aliphatic heterocycles. The van der Waals surface area contributed by atoms with Crippen LogP contribution in [0.1, 0.15) is 18.2 Å².